The van der Waals surface area contributed by atoms with E-state index in [1.807, 2.05) is 60.7 Å². The summed E-state index contributed by atoms with van der Waals surface area (Å²) in [5.74, 6) is 1.71. The van der Waals surface area contributed by atoms with Crippen molar-refractivity contribution in [1.29, 1.82) is 0 Å². The number of aliphatic imine (C=N–C) groups is 2. The molecule has 0 N–H and O–H groups in total. The Morgan fingerprint density at radius 2 is 1.09 bits per heavy atom. The van der Waals surface area contributed by atoms with Crippen LogP contribution in [-0.2, 0) is 0 Å². The van der Waals surface area contributed by atoms with Gasteiger partial charge < -0.3 is 23.8 Å². The van der Waals surface area contributed by atoms with E-state index < -0.39 is 7.40 Å². The lowest BCUT2D eigenvalue weighted by atomic mass is 10.0. The molecule has 4 aromatic carbocycles. The molecule has 278 valence electrons. The maximum Gasteiger partial charge on any atom is 0.679 e. The van der Waals surface area contributed by atoms with E-state index in [0.717, 1.165) is 58.7 Å². The van der Waals surface area contributed by atoms with Crippen LogP contribution in [0.5, 0.6) is 11.5 Å². The third-order valence-corrected chi connectivity index (χ3v) is 11.2. The summed E-state index contributed by atoms with van der Waals surface area (Å²) < 4.78 is 44.2. The first-order valence-corrected chi connectivity index (χ1v) is 19.6. The summed E-state index contributed by atoms with van der Waals surface area (Å²) in [5, 5.41) is 0. The predicted octanol–water partition coefficient (Wildman–Crippen LogP) is 11.4. The standard InChI is InChI=1S/C42H42BBr2F2N5O2/c1-7-50(8-2)31-19-11-27(12-20-31)35-37(44)39(29-15-23-33(53-5)24-16-29)48-41(35)49-42-36(28-13-21-32(22-14-28)51(9-3)10-4)38(45)40(52(42)43(46)47)30-17-25-34(54-6)26-18-30/h11-26H,7-10H2,1-6H3/b49-41-. The van der Waals surface area contributed by atoms with Crippen LogP contribution in [0.4, 0.5) is 25.8 Å². The summed E-state index contributed by atoms with van der Waals surface area (Å²) in [6, 6.07) is 30.8. The van der Waals surface area contributed by atoms with E-state index in [4.69, 9.17) is 19.5 Å². The molecule has 6 rings (SSSR count). The molecule has 1 aliphatic heterocycles. The molecule has 0 unspecified atom stereocenters. The molecule has 0 aliphatic carbocycles. The van der Waals surface area contributed by atoms with Gasteiger partial charge in [-0.15, -0.1) is 0 Å². The maximum atomic E-state index is 15.6. The Morgan fingerprint density at radius 1 is 0.648 bits per heavy atom. The highest BCUT2D eigenvalue weighted by Crippen LogP contribution is 2.48. The number of amidine groups is 1. The average molecular weight is 857 g/mol. The van der Waals surface area contributed by atoms with E-state index in [9.17, 15) is 0 Å². The summed E-state index contributed by atoms with van der Waals surface area (Å²) >= 11 is 7.66. The third-order valence-electron chi connectivity index (χ3n) is 9.69. The van der Waals surface area contributed by atoms with Gasteiger partial charge >= 0.3 is 7.40 Å². The number of halogens is 4. The molecular formula is C42H42BBr2F2N5O2. The van der Waals surface area contributed by atoms with Gasteiger partial charge in [-0.2, -0.15) is 0 Å². The van der Waals surface area contributed by atoms with Crippen molar-refractivity contribution in [2.75, 3.05) is 50.2 Å². The number of hydrogen-bond donors (Lipinski definition) is 0. The number of rotatable bonds is 14. The second-order valence-electron chi connectivity index (χ2n) is 12.5. The topological polar surface area (TPSA) is 54.6 Å². The van der Waals surface area contributed by atoms with Crippen molar-refractivity contribution in [3.8, 4) is 33.9 Å². The van der Waals surface area contributed by atoms with Gasteiger partial charge in [0.2, 0.25) is 0 Å². The lowest BCUT2D eigenvalue weighted by Crippen LogP contribution is -2.21. The number of aromatic nitrogens is 1. The lowest BCUT2D eigenvalue weighted by Gasteiger charge is -2.21. The number of methoxy groups -OCH3 is 2. The first-order valence-electron chi connectivity index (χ1n) is 18.0. The minimum atomic E-state index is -2.93. The lowest BCUT2D eigenvalue weighted by molar-refractivity contribution is 0.414. The highest BCUT2D eigenvalue weighted by atomic mass is 79.9. The van der Waals surface area contributed by atoms with Crippen LogP contribution in [0.2, 0.25) is 0 Å². The molecule has 0 bridgehead atoms. The van der Waals surface area contributed by atoms with Gasteiger partial charge in [-0.3, -0.25) is 8.63 Å². The number of anilines is 2. The van der Waals surface area contributed by atoms with Crippen molar-refractivity contribution >= 4 is 73.6 Å². The first-order chi connectivity index (χ1) is 26.2. The molecule has 5 aromatic rings. The van der Waals surface area contributed by atoms with Crippen molar-refractivity contribution in [3.63, 3.8) is 0 Å². The second-order valence-corrected chi connectivity index (χ2v) is 14.1. The minimum absolute atomic E-state index is 0.0746. The zero-order valence-electron chi connectivity index (χ0n) is 31.2. The fourth-order valence-corrected chi connectivity index (χ4v) is 8.33. The van der Waals surface area contributed by atoms with Gasteiger partial charge in [-0.1, -0.05) is 24.3 Å². The van der Waals surface area contributed by atoms with Crippen LogP contribution in [0.25, 0.3) is 28.0 Å². The monoisotopic (exact) mass is 855 g/mol. The highest BCUT2D eigenvalue weighted by molar-refractivity contribution is 9.12. The van der Waals surface area contributed by atoms with Crippen LogP contribution >= 0.6 is 31.9 Å². The van der Waals surface area contributed by atoms with Crippen LogP contribution in [-0.4, -0.2) is 63.8 Å². The van der Waals surface area contributed by atoms with E-state index in [1.54, 1.807) is 38.5 Å². The Kier molecular flexibility index (Phi) is 12.4. The maximum absolute atomic E-state index is 15.6. The molecule has 7 nitrogen and oxygen atoms in total. The van der Waals surface area contributed by atoms with Crippen LogP contribution in [0.1, 0.15) is 38.8 Å². The number of allylic oxidation sites excluding steroid dienone is 1. The van der Waals surface area contributed by atoms with E-state index in [1.165, 1.54) is 0 Å². The summed E-state index contributed by atoms with van der Waals surface area (Å²) in [5.41, 5.74) is 7.25. The number of nitrogens with zero attached hydrogens (tertiary/aromatic N) is 5. The molecule has 0 radical (unpaired) electrons. The Bertz CT molecular complexity index is 2180. The van der Waals surface area contributed by atoms with Crippen LogP contribution in [0.15, 0.2) is 116 Å². The molecular weight excluding hydrogens is 815 g/mol. The smallest absolute Gasteiger partial charge is 0.497 e. The molecule has 0 saturated heterocycles. The second kappa shape index (κ2) is 17.2. The van der Waals surface area contributed by atoms with Gasteiger partial charge in [-0.05, 0) is 149 Å². The van der Waals surface area contributed by atoms with Crippen molar-refractivity contribution < 1.29 is 18.1 Å². The third kappa shape index (κ3) is 7.64. The molecule has 54 heavy (non-hydrogen) atoms. The van der Waals surface area contributed by atoms with Crippen LogP contribution < -0.4 is 19.3 Å². The summed E-state index contributed by atoms with van der Waals surface area (Å²) in [4.78, 5) is 14.7. The largest absolute Gasteiger partial charge is 0.679 e. The Labute approximate surface area is 333 Å². The van der Waals surface area contributed by atoms with Crippen molar-refractivity contribution in [2.45, 2.75) is 27.7 Å². The zero-order chi connectivity index (χ0) is 38.5. The number of hydrogen-bond acceptors (Lipinski definition) is 5. The quantitative estimate of drug-likeness (QED) is 0.104. The van der Waals surface area contributed by atoms with Gasteiger partial charge in [0.15, 0.2) is 5.84 Å². The van der Waals surface area contributed by atoms with Crippen molar-refractivity contribution in [2.24, 2.45) is 9.98 Å². The molecule has 1 aliphatic rings. The summed E-state index contributed by atoms with van der Waals surface area (Å²) in [6.07, 6.45) is 0. The summed E-state index contributed by atoms with van der Waals surface area (Å²) in [7, 11) is 0.259. The SMILES string of the molecule is CCN(CC)c1ccc(C2=C(Br)C(c3ccc(OC)cc3)=N/C2=N\c2c(-c3ccc(N(CC)CC)cc3)c(Br)c(-c3ccc(OC)cc3)n2B(F)F)cc1. The van der Waals surface area contributed by atoms with E-state index in [2.05, 4.69) is 81.5 Å². The van der Waals surface area contributed by atoms with Crippen molar-refractivity contribution in [1.82, 2.24) is 4.48 Å². The average Bonchev–Trinajstić information content (AvgIpc) is 3.68. The zero-order valence-corrected chi connectivity index (χ0v) is 34.4. The number of ether oxygens (including phenoxy) is 2. The van der Waals surface area contributed by atoms with Crippen LogP contribution in [0.3, 0.4) is 0 Å². The fourth-order valence-electron chi connectivity index (χ4n) is 6.78. The van der Waals surface area contributed by atoms with Gasteiger partial charge in [0.1, 0.15) is 17.3 Å². The molecule has 0 fully saturated rings. The Balaban J connectivity index is 1.62. The molecule has 0 spiro atoms. The van der Waals surface area contributed by atoms with Crippen LogP contribution in [0, 0.1) is 0 Å². The van der Waals surface area contributed by atoms with Gasteiger partial charge in [0.25, 0.3) is 0 Å². The molecule has 2 heterocycles. The first kappa shape index (κ1) is 39.0. The predicted molar refractivity (Wildman–Crippen MR) is 229 cm³/mol. The highest BCUT2D eigenvalue weighted by Gasteiger charge is 2.34. The van der Waals surface area contributed by atoms with E-state index in [-0.39, 0.29) is 5.82 Å². The van der Waals surface area contributed by atoms with E-state index >= 15 is 8.63 Å². The summed E-state index contributed by atoms with van der Waals surface area (Å²) in [6.45, 7) is 11.9. The number of benzene rings is 4. The van der Waals surface area contributed by atoms with Gasteiger partial charge in [0.05, 0.1) is 34.6 Å². The fraction of sp³-hybridized carbons (Fsp3) is 0.238. The van der Waals surface area contributed by atoms with Gasteiger partial charge in [0, 0.05) is 54.3 Å². The molecule has 0 atom stereocenters. The molecule has 1 aromatic heterocycles. The van der Waals surface area contributed by atoms with Gasteiger partial charge in [-0.25, -0.2) is 9.98 Å². The molecule has 0 amide bonds. The molecule has 12 heteroatoms. The Morgan fingerprint density at radius 3 is 1.54 bits per heavy atom. The minimum Gasteiger partial charge on any atom is -0.497 e. The Hall–Kier alpha value is -4.68. The molecule has 0 saturated carbocycles. The van der Waals surface area contributed by atoms with Crippen molar-refractivity contribution in [3.05, 3.63) is 117 Å². The van der Waals surface area contributed by atoms with E-state index in [0.29, 0.717) is 54.4 Å². The normalized spacial score (nSPS) is 13.4.